The molecule has 0 bridgehead atoms. The standard InChI is InChI=1S/C4H9NO.C3H7.C2H6.2CH3.2Rb.Re.Rf.Rh/c1-4-5(2)6-3;1-3-2;1-2;;;;;;;/h1,3-4H2,2H3;1,3H2,2H3;1-2H3;2*1H3;;;;;/q-2;-1;;2*-1;2*+1;;;. The first-order valence-electron chi connectivity index (χ1n) is 3.94. The number of nitrogens with zero attached hydrogens (tertiary/aromatic N) is 1. The molecule has 7 heteroatoms. The van der Waals surface area contributed by atoms with Crippen LogP contribution in [0.25, 0.3) is 0 Å². The Morgan fingerprint density at radius 2 is 1.22 bits per heavy atom. The number of hydroxylamine groups is 2. The van der Waals surface area contributed by atoms with Crippen LogP contribution >= 0.6 is 0 Å². The SMILES string of the molecule is CC.[CH2-]CC.[CH2-]CN(C)O[CH2-].[CH3-].[CH3-].[Rb+].[Rb+].[Re].[Rf].[Rh]. The van der Waals surface area contributed by atoms with Gasteiger partial charge in [0.15, 0.2) is 0 Å². The van der Waals surface area contributed by atoms with Gasteiger partial charge in [0.05, 0.1) is 0 Å². The Balaban J connectivity index is -0.00000000612. The van der Waals surface area contributed by atoms with Crippen LogP contribution < -0.4 is 116 Å². The van der Waals surface area contributed by atoms with Crippen LogP contribution in [0, 0.1) is 35.8 Å². The van der Waals surface area contributed by atoms with Crippen LogP contribution in [0.3, 0.4) is 0 Å². The molecule has 106 valence electrons. The Hall–Kier alpha value is 3.82. The fourth-order valence-corrected chi connectivity index (χ4v) is 0.0645. The Labute approximate surface area is 236 Å². The summed E-state index contributed by atoms with van der Waals surface area (Å²) in [5.74, 6) is 0. The summed E-state index contributed by atoms with van der Waals surface area (Å²) in [6.45, 7) is 13.6. The minimum Gasteiger partial charge on any atom is -0.478 e. The zero-order valence-corrected chi connectivity index (χ0v) is 34.4. The molecule has 0 N–H and O–H groups in total. The molecular formula is C11H28NORb2ReRfRh-3. The molecule has 0 aromatic heterocycles. The van der Waals surface area contributed by atoms with Gasteiger partial charge in [-0.05, 0) is 0 Å². The van der Waals surface area contributed by atoms with E-state index in [4.69, 9.17) is 0 Å². The van der Waals surface area contributed by atoms with Crippen LogP contribution in [-0.4, -0.2) is 18.7 Å². The molecule has 0 unspecified atom stereocenters. The Kier molecular flexibility index (Phi) is 319. The number of hydrogen-bond donors (Lipinski definition) is 0. The molecule has 0 aromatic rings. The number of hydrogen-bond acceptors (Lipinski definition) is 2. The first-order valence-corrected chi connectivity index (χ1v) is 3.94. The first-order chi connectivity index (χ1) is 5.22. The Morgan fingerprint density at radius 1 is 1.06 bits per heavy atom. The van der Waals surface area contributed by atoms with Crippen LogP contribution in [0.15, 0.2) is 0 Å². The van der Waals surface area contributed by atoms with Gasteiger partial charge in [-0.15, -0.1) is 6.54 Å². The maximum Gasteiger partial charge on any atom is 1.00 e. The molecule has 0 aliphatic carbocycles. The van der Waals surface area contributed by atoms with Gasteiger partial charge in [0, 0.05) is 46.9 Å². The molecule has 0 rings (SSSR count). The zero-order valence-electron chi connectivity index (χ0n) is 13.8. The van der Waals surface area contributed by atoms with Crippen molar-refractivity contribution in [2.75, 3.05) is 13.6 Å². The second-order valence-electron chi connectivity index (χ2n) is 1.48. The quantitative estimate of drug-likeness (QED) is 0.175. The van der Waals surface area contributed by atoms with E-state index in [0.717, 1.165) is 6.42 Å². The molecule has 0 aliphatic rings. The summed E-state index contributed by atoms with van der Waals surface area (Å²) in [5, 5.41) is 1.53. The van der Waals surface area contributed by atoms with Crippen LogP contribution in [0.4, 0.5) is 0 Å². The molecule has 0 atom stereocenters. The molecule has 0 aromatic carbocycles. The Morgan fingerprint density at radius 3 is 1.22 bits per heavy atom. The van der Waals surface area contributed by atoms with Crippen molar-refractivity contribution in [3.05, 3.63) is 35.8 Å². The zero-order chi connectivity index (χ0) is 9.70. The van der Waals surface area contributed by atoms with E-state index >= 15 is 0 Å². The van der Waals surface area contributed by atoms with Crippen molar-refractivity contribution in [1.29, 1.82) is 0 Å². The molecule has 18 heavy (non-hydrogen) atoms. The van der Waals surface area contributed by atoms with Gasteiger partial charge in [0.25, 0.3) is 0 Å². The summed E-state index contributed by atoms with van der Waals surface area (Å²) in [7, 11) is 4.91. The van der Waals surface area contributed by atoms with Crippen LogP contribution in [0.5, 0.6) is 0 Å². The topological polar surface area (TPSA) is 12.5 Å². The smallest absolute Gasteiger partial charge is 0.478 e. The van der Waals surface area contributed by atoms with Gasteiger partial charge in [0.2, 0.25) is 0 Å². The summed E-state index contributed by atoms with van der Waals surface area (Å²) >= 11 is 0. The van der Waals surface area contributed by atoms with Gasteiger partial charge in [0.1, 0.15) is 0 Å². The third kappa shape index (κ3) is 115. The van der Waals surface area contributed by atoms with E-state index in [1.165, 1.54) is 5.06 Å². The van der Waals surface area contributed by atoms with E-state index in [1.54, 1.807) is 7.05 Å². The summed E-state index contributed by atoms with van der Waals surface area (Å²) in [6.07, 6.45) is 1.00. The first kappa shape index (κ1) is 67.7. The molecule has 2 nitrogen and oxygen atoms in total. The van der Waals surface area contributed by atoms with E-state index in [1.807, 2.05) is 20.8 Å². The van der Waals surface area contributed by atoms with Crippen molar-refractivity contribution >= 4 is 0 Å². The van der Waals surface area contributed by atoms with Gasteiger partial charge in [-0.25, -0.2) is 7.11 Å². The molecule has 0 aliphatic heterocycles. The molecular weight excluding hydrogens is 889 g/mol. The number of rotatable bonds is 2. The van der Waals surface area contributed by atoms with Crippen LogP contribution in [0.1, 0.15) is 27.2 Å². The molecule has 2 radical (unpaired) electrons. The monoisotopic (exact) mass is 917 g/mol. The van der Waals surface area contributed by atoms with Crippen molar-refractivity contribution in [3.63, 3.8) is 0 Å². The largest absolute Gasteiger partial charge is 1.00 e. The van der Waals surface area contributed by atoms with E-state index in [0.29, 0.717) is 6.54 Å². The summed E-state index contributed by atoms with van der Waals surface area (Å²) in [4.78, 5) is 4.42. The third-order valence-electron chi connectivity index (χ3n) is 0.535. The third-order valence-corrected chi connectivity index (χ3v) is 0.535. The van der Waals surface area contributed by atoms with Gasteiger partial charge < -0.3 is 33.5 Å². The predicted octanol–water partition coefficient (Wildman–Crippen LogP) is -2.36. The summed E-state index contributed by atoms with van der Waals surface area (Å²) in [6, 6.07) is 0. The maximum atomic E-state index is 4.42. The molecule has 0 spiro atoms. The minimum atomic E-state index is 0. The van der Waals surface area contributed by atoms with E-state index in [9.17, 15) is 0 Å². The summed E-state index contributed by atoms with van der Waals surface area (Å²) < 4.78 is 0. The van der Waals surface area contributed by atoms with Crippen molar-refractivity contribution in [1.82, 2.24) is 5.06 Å². The van der Waals surface area contributed by atoms with E-state index in [2.05, 4.69) is 25.8 Å². The maximum absolute atomic E-state index is 4.42. The van der Waals surface area contributed by atoms with Gasteiger partial charge in [-0.1, -0.05) is 20.8 Å². The Bertz CT molecular complexity index is 62.0. The van der Waals surface area contributed by atoms with Gasteiger partial charge in [-0.2, -0.15) is 6.42 Å². The van der Waals surface area contributed by atoms with E-state index < -0.39 is 0 Å². The van der Waals surface area contributed by atoms with Crippen molar-refractivity contribution in [2.24, 2.45) is 0 Å². The second-order valence-corrected chi connectivity index (χ2v) is 1.48. The normalized spacial score (nSPS) is 4.67. The van der Waals surface area contributed by atoms with Crippen molar-refractivity contribution in [2.45, 2.75) is 27.2 Å². The molecule has 0 amide bonds. The van der Waals surface area contributed by atoms with Crippen molar-refractivity contribution in [3.8, 4) is 0 Å². The fourth-order valence-electron chi connectivity index (χ4n) is 0.0645. The van der Waals surface area contributed by atoms with Crippen molar-refractivity contribution < 1.29 is 161 Å². The average molecular weight is 917 g/mol. The molecule has 0 saturated heterocycles. The van der Waals surface area contributed by atoms with Crippen LogP contribution in [-0.2, 0) is 44.7 Å². The van der Waals surface area contributed by atoms with Gasteiger partial charge >= 0.3 is 116 Å². The fraction of sp³-hybridized carbons (Fsp3) is 0.545. The van der Waals surface area contributed by atoms with Crippen LogP contribution in [0.2, 0.25) is 0 Å². The average Bonchev–Trinajstić information content (AvgIpc) is 2.08. The van der Waals surface area contributed by atoms with Gasteiger partial charge in [-0.3, -0.25) is 5.06 Å². The predicted molar refractivity (Wildman–Crippen MR) is 64.3 cm³/mol. The second kappa shape index (κ2) is 84.8. The summed E-state index contributed by atoms with van der Waals surface area (Å²) in [5.41, 5.74) is 0. The molecule has 0 fully saturated rings. The molecule has 0 heterocycles. The molecule has 0 saturated carbocycles. The minimum absolute atomic E-state index is 0. The van der Waals surface area contributed by atoms with E-state index in [-0.39, 0.29) is 171 Å².